The van der Waals surface area contributed by atoms with Crippen molar-refractivity contribution in [3.63, 3.8) is 0 Å². The van der Waals surface area contributed by atoms with Crippen LogP contribution in [0.15, 0.2) is 0 Å². The molecule has 76 valence electrons. The minimum atomic E-state index is -1.27. The Labute approximate surface area is 77.1 Å². The van der Waals surface area contributed by atoms with E-state index < -0.39 is 18.6 Å². The van der Waals surface area contributed by atoms with E-state index in [0.717, 1.165) is 12.8 Å². The number of hydrogen-bond donors (Lipinski definition) is 3. The van der Waals surface area contributed by atoms with Crippen molar-refractivity contribution in [3.8, 4) is 0 Å². The lowest BCUT2D eigenvalue weighted by atomic mass is 10.1. The van der Waals surface area contributed by atoms with Crippen molar-refractivity contribution in [3.05, 3.63) is 0 Å². The van der Waals surface area contributed by atoms with Crippen LogP contribution in [0.25, 0.3) is 0 Å². The first kappa shape index (κ1) is 10.4. The molecule has 1 amide bonds. The number of amides is 1. The first-order valence-corrected chi connectivity index (χ1v) is 4.48. The topological polar surface area (TPSA) is 86.8 Å². The van der Waals surface area contributed by atoms with Gasteiger partial charge in [-0.05, 0) is 12.8 Å². The van der Waals surface area contributed by atoms with Crippen molar-refractivity contribution in [2.24, 2.45) is 5.73 Å². The minimum Gasteiger partial charge on any atom is -0.393 e. The molecular formula is C8H16N2O3. The fraction of sp³-hybridized carbons (Fsp3) is 0.875. The molecule has 1 aliphatic rings. The smallest absolute Gasteiger partial charge is 0.253 e. The summed E-state index contributed by atoms with van der Waals surface area (Å²) in [4.78, 5) is 12.9. The van der Waals surface area contributed by atoms with E-state index in [9.17, 15) is 4.79 Å². The molecular weight excluding hydrogens is 172 g/mol. The number of aliphatic hydroxyl groups excluding tert-OH is 2. The Hall–Kier alpha value is -0.650. The Morgan fingerprint density at radius 1 is 1.54 bits per heavy atom. The molecule has 4 N–H and O–H groups in total. The Morgan fingerprint density at radius 3 is 2.54 bits per heavy atom. The standard InChI is InChI=1S/C8H16N2O3/c9-6-1-3-10(4-2-6)8(13)7(12)5-11/h6-7,11-12H,1-5,9H2/t7-/m1/s1. The van der Waals surface area contributed by atoms with Crippen molar-refractivity contribution < 1.29 is 15.0 Å². The molecule has 1 fully saturated rings. The SMILES string of the molecule is NC1CCN(C(=O)[C@H](O)CO)CC1. The first-order valence-electron chi connectivity index (χ1n) is 4.48. The van der Waals surface area contributed by atoms with Crippen molar-refractivity contribution in [2.75, 3.05) is 19.7 Å². The van der Waals surface area contributed by atoms with Crippen molar-refractivity contribution in [1.29, 1.82) is 0 Å². The molecule has 0 bridgehead atoms. The second-order valence-electron chi connectivity index (χ2n) is 3.36. The Kier molecular flexibility index (Phi) is 3.65. The van der Waals surface area contributed by atoms with Crippen LogP contribution >= 0.6 is 0 Å². The molecule has 0 aromatic heterocycles. The molecule has 1 rings (SSSR count). The number of hydrogen-bond acceptors (Lipinski definition) is 4. The number of piperidine rings is 1. The van der Waals surface area contributed by atoms with Crippen LogP contribution in [0.1, 0.15) is 12.8 Å². The van der Waals surface area contributed by atoms with Crippen LogP contribution < -0.4 is 5.73 Å². The number of rotatable bonds is 2. The van der Waals surface area contributed by atoms with Gasteiger partial charge in [0.05, 0.1) is 6.61 Å². The highest BCUT2D eigenvalue weighted by molar-refractivity contribution is 5.80. The molecule has 0 aromatic rings. The number of carbonyl (C=O) groups excluding carboxylic acids is 1. The van der Waals surface area contributed by atoms with Gasteiger partial charge in [0, 0.05) is 19.1 Å². The fourth-order valence-corrected chi connectivity index (χ4v) is 1.41. The quantitative estimate of drug-likeness (QED) is 0.481. The maximum atomic E-state index is 11.3. The van der Waals surface area contributed by atoms with Gasteiger partial charge in [-0.15, -0.1) is 0 Å². The lowest BCUT2D eigenvalue weighted by Crippen LogP contribution is -2.47. The molecule has 5 heteroatoms. The number of carbonyl (C=O) groups is 1. The van der Waals surface area contributed by atoms with Gasteiger partial charge in [0.2, 0.25) is 0 Å². The average molecular weight is 188 g/mol. The van der Waals surface area contributed by atoms with Gasteiger partial charge in [0.25, 0.3) is 5.91 Å². The van der Waals surface area contributed by atoms with Gasteiger partial charge < -0.3 is 20.8 Å². The summed E-state index contributed by atoms with van der Waals surface area (Å²) in [5.74, 6) is -0.394. The zero-order chi connectivity index (χ0) is 9.84. The summed E-state index contributed by atoms with van der Waals surface area (Å²) in [6, 6.07) is 0.162. The normalized spacial score (nSPS) is 21.6. The monoisotopic (exact) mass is 188 g/mol. The van der Waals surface area contributed by atoms with E-state index in [4.69, 9.17) is 15.9 Å². The third-order valence-corrected chi connectivity index (χ3v) is 2.31. The molecule has 1 atom stereocenters. The molecule has 1 saturated heterocycles. The fourth-order valence-electron chi connectivity index (χ4n) is 1.41. The van der Waals surface area contributed by atoms with Crippen LogP contribution in [0.5, 0.6) is 0 Å². The molecule has 0 aromatic carbocycles. The van der Waals surface area contributed by atoms with E-state index in [-0.39, 0.29) is 6.04 Å². The van der Waals surface area contributed by atoms with Crippen molar-refractivity contribution >= 4 is 5.91 Å². The Bertz CT molecular complexity index is 178. The van der Waals surface area contributed by atoms with Crippen LogP contribution in [0, 0.1) is 0 Å². The number of nitrogens with zero attached hydrogens (tertiary/aromatic N) is 1. The van der Waals surface area contributed by atoms with Crippen LogP contribution in [-0.2, 0) is 4.79 Å². The van der Waals surface area contributed by atoms with Gasteiger partial charge in [-0.2, -0.15) is 0 Å². The summed E-state index contributed by atoms with van der Waals surface area (Å²) >= 11 is 0. The third kappa shape index (κ3) is 2.65. The highest BCUT2D eigenvalue weighted by Gasteiger charge is 2.24. The lowest BCUT2D eigenvalue weighted by Gasteiger charge is -2.31. The van der Waals surface area contributed by atoms with Gasteiger partial charge in [-0.25, -0.2) is 0 Å². The maximum absolute atomic E-state index is 11.3. The lowest BCUT2D eigenvalue weighted by molar-refractivity contribution is -0.143. The summed E-state index contributed by atoms with van der Waals surface area (Å²) in [5, 5.41) is 17.6. The second-order valence-corrected chi connectivity index (χ2v) is 3.36. The zero-order valence-electron chi connectivity index (χ0n) is 7.52. The molecule has 1 heterocycles. The van der Waals surface area contributed by atoms with E-state index in [1.165, 1.54) is 0 Å². The Balaban J connectivity index is 2.40. The van der Waals surface area contributed by atoms with Crippen LogP contribution in [0.2, 0.25) is 0 Å². The number of nitrogens with two attached hydrogens (primary N) is 1. The Morgan fingerprint density at radius 2 is 2.08 bits per heavy atom. The van der Waals surface area contributed by atoms with Crippen molar-refractivity contribution in [2.45, 2.75) is 25.0 Å². The van der Waals surface area contributed by atoms with Gasteiger partial charge in [0.1, 0.15) is 0 Å². The van der Waals surface area contributed by atoms with Gasteiger partial charge in [-0.1, -0.05) is 0 Å². The van der Waals surface area contributed by atoms with Crippen LogP contribution in [0.3, 0.4) is 0 Å². The number of aliphatic hydroxyl groups is 2. The third-order valence-electron chi connectivity index (χ3n) is 2.31. The zero-order valence-corrected chi connectivity index (χ0v) is 7.52. The predicted octanol–water partition coefficient (Wildman–Crippen LogP) is -1.71. The minimum absolute atomic E-state index is 0.162. The van der Waals surface area contributed by atoms with E-state index in [0.29, 0.717) is 13.1 Å². The van der Waals surface area contributed by atoms with Gasteiger partial charge in [0.15, 0.2) is 6.10 Å². The molecule has 13 heavy (non-hydrogen) atoms. The van der Waals surface area contributed by atoms with E-state index in [2.05, 4.69) is 0 Å². The summed E-state index contributed by atoms with van der Waals surface area (Å²) in [6.07, 6.45) is 0.266. The molecule has 1 aliphatic heterocycles. The second kappa shape index (κ2) is 4.55. The van der Waals surface area contributed by atoms with Gasteiger partial charge >= 0.3 is 0 Å². The number of likely N-dealkylation sites (tertiary alicyclic amines) is 1. The van der Waals surface area contributed by atoms with Crippen LogP contribution in [0.4, 0.5) is 0 Å². The average Bonchev–Trinajstić information content (AvgIpc) is 2.17. The predicted molar refractivity (Wildman–Crippen MR) is 46.9 cm³/mol. The summed E-state index contributed by atoms with van der Waals surface area (Å²) in [6.45, 7) is 0.648. The molecule has 0 aliphatic carbocycles. The van der Waals surface area contributed by atoms with E-state index in [1.54, 1.807) is 4.90 Å². The molecule has 0 unspecified atom stereocenters. The molecule has 0 radical (unpaired) electrons. The molecule has 0 saturated carbocycles. The largest absolute Gasteiger partial charge is 0.393 e. The summed E-state index contributed by atoms with van der Waals surface area (Å²) in [7, 11) is 0. The summed E-state index contributed by atoms with van der Waals surface area (Å²) < 4.78 is 0. The van der Waals surface area contributed by atoms with E-state index in [1.807, 2.05) is 0 Å². The summed E-state index contributed by atoms with van der Waals surface area (Å²) in [5.41, 5.74) is 5.66. The van der Waals surface area contributed by atoms with Gasteiger partial charge in [-0.3, -0.25) is 4.79 Å². The molecule has 0 spiro atoms. The van der Waals surface area contributed by atoms with E-state index >= 15 is 0 Å². The highest BCUT2D eigenvalue weighted by Crippen LogP contribution is 2.09. The highest BCUT2D eigenvalue weighted by atomic mass is 16.3. The first-order chi connectivity index (χ1) is 6.15. The maximum Gasteiger partial charge on any atom is 0.253 e. The van der Waals surface area contributed by atoms with Crippen LogP contribution in [-0.4, -0.2) is 52.9 Å². The molecule has 5 nitrogen and oxygen atoms in total. The van der Waals surface area contributed by atoms with Crippen molar-refractivity contribution in [1.82, 2.24) is 4.90 Å².